The lowest BCUT2D eigenvalue weighted by Crippen LogP contribution is -2.36. The number of fused-ring (bicyclic) bond motifs is 9. The van der Waals surface area contributed by atoms with E-state index in [0.717, 1.165) is 28.9 Å². The van der Waals surface area contributed by atoms with E-state index < -0.39 is 0 Å². The SMILES string of the molecule is C=C1/C=C\C=C/N(c2ccc(/C(N)=C/Cc3ccc(-c4ccccc4)cc3)cc2)C2=C1C=CC1c3c(c4ccccc4c4ccccc34)C(C)(C)C21. The van der Waals surface area contributed by atoms with Crippen molar-refractivity contribution in [3.05, 3.63) is 216 Å². The maximum Gasteiger partial charge on any atom is 0.0453 e. The van der Waals surface area contributed by atoms with Crippen LogP contribution in [0.5, 0.6) is 0 Å². The Labute approximate surface area is 306 Å². The third-order valence-electron chi connectivity index (χ3n) is 11.5. The highest BCUT2D eigenvalue weighted by Crippen LogP contribution is 2.61. The summed E-state index contributed by atoms with van der Waals surface area (Å²) in [7, 11) is 0. The Morgan fingerprint density at radius 1 is 0.712 bits per heavy atom. The number of hydrogen-bond acceptors (Lipinski definition) is 2. The first kappa shape index (κ1) is 31.8. The maximum atomic E-state index is 6.70. The normalized spacial score (nSPS) is 20.3. The molecule has 0 aromatic heterocycles. The molecule has 0 amide bonds. The fourth-order valence-electron chi connectivity index (χ4n) is 9.03. The summed E-state index contributed by atoms with van der Waals surface area (Å²) < 4.78 is 0. The van der Waals surface area contributed by atoms with Gasteiger partial charge in [-0.15, -0.1) is 0 Å². The number of allylic oxidation sites excluding steroid dienone is 9. The number of hydrogen-bond donors (Lipinski definition) is 1. The van der Waals surface area contributed by atoms with E-state index in [1.807, 2.05) is 6.07 Å². The van der Waals surface area contributed by atoms with Crippen LogP contribution in [0.4, 0.5) is 5.69 Å². The van der Waals surface area contributed by atoms with Gasteiger partial charge in [0.2, 0.25) is 0 Å². The number of nitrogens with zero attached hydrogens (tertiary/aromatic N) is 1. The van der Waals surface area contributed by atoms with Crippen LogP contribution in [0.2, 0.25) is 0 Å². The van der Waals surface area contributed by atoms with Crippen molar-refractivity contribution in [2.45, 2.75) is 31.6 Å². The first-order valence-electron chi connectivity index (χ1n) is 18.3. The first-order chi connectivity index (χ1) is 25.4. The van der Waals surface area contributed by atoms with Crippen molar-refractivity contribution in [1.82, 2.24) is 0 Å². The molecule has 0 saturated heterocycles. The van der Waals surface area contributed by atoms with Crippen LogP contribution in [0.3, 0.4) is 0 Å². The maximum absolute atomic E-state index is 6.70. The molecule has 1 heterocycles. The van der Waals surface area contributed by atoms with Gasteiger partial charge in [0.15, 0.2) is 0 Å². The second-order valence-corrected chi connectivity index (χ2v) is 14.8. The highest BCUT2D eigenvalue weighted by molar-refractivity contribution is 6.12. The molecule has 252 valence electrons. The standard InChI is InChI=1S/C50H42N2/c1-33-13-11-12-32-52(38-27-25-37(26-28-38)45(51)31-22-34-20-23-36(24-21-34)35-14-5-4-6-15-35)49-39(33)29-30-44-46-42-18-9-7-16-40(42)41-17-8-10-19-43(41)47(46)50(2,3)48(44)49/h4-21,23-32,44,48H,1,22,51H2,2-3H3/b13-11-,32-12-,45-31-. The van der Waals surface area contributed by atoms with E-state index in [4.69, 9.17) is 5.73 Å². The van der Waals surface area contributed by atoms with Gasteiger partial charge < -0.3 is 10.6 Å². The minimum atomic E-state index is -0.156. The van der Waals surface area contributed by atoms with Gasteiger partial charge in [0.1, 0.15) is 0 Å². The zero-order valence-corrected chi connectivity index (χ0v) is 29.8. The number of rotatable bonds is 5. The average molecular weight is 671 g/mol. The largest absolute Gasteiger partial charge is 0.398 e. The molecule has 0 radical (unpaired) electrons. The Hall–Kier alpha value is -6.12. The summed E-state index contributed by atoms with van der Waals surface area (Å²) in [6.07, 6.45) is 16.3. The lowest BCUT2D eigenvalue weighted by atomic mass is 9.69. The summed E-state index contributed by atoms with van der Waals surface area (Å²) in [5.41, 5.74) is 19.6. The molecule has 0 saturated carbocycles. The Morgan fingerprint density at radius 2 is 1.35 bits per heavy atom. The molecular weight excluding hydrogens is 629 g/mol. The van der Waals surface area contributed by atoms with E-state index in [0.29, 0.717) is 0 Å². The van der Waals surface area contributed by atoms with Crippen molar-refractivity contribution in [1.29, 1.82) is 0 Å². The molecule has 9 rings (SSSR count). The van der Waals surface area contributed by atoms with Crippen molar-refractivity contribution in [3.63, 3.8) is 0 Å². The summed E-state index contributed by atoms with van der Waals surface area (Å²) in [5.74, 6) is 0.424. The van der Waals surface area contributed by atoms with Crippen molar-refractivity contribution in [2.75, 3.05) is 4.90 Å². The summed E-state index contributed by atoms with van der Waals surface area (Å²) in [6, 6.07) is 45.9. The van der Waals surface area contributed by atoms with Gasteiger partial charge >= 0.3 is 0 Å². The molecule has 2 nitrogen and oxygen atoms in total. The molecule has 0 bridgehead atoms. The summed E-state index contributed by atoms with van der Waals surface area (Å²) in [5, 5.41) is 5.37. The molecule has 2 aliphatic carbocycles. The molecule has 1 aliphatic heterocycles. The van der Waals surface area contributed by atoms with Crippen molar-refractivity contribution in [2.24, 2.45) is 11.7 Å². The molecule has 6 aromatic rings. The molecule has 2 atom stereocenters. The lowest BCUT2D eigenvalue weighted by Gasteiger charge is -2.41. The monoisotopic (exact) mass is 670 g/mol. The third kappa shape index (κ3) is 5.17. The molecule has 0 fully saturated rings. The second kappa shape index (κ2) is 12.6. The molecule has 0 spiro atoms. The average Bonchev–Trinajstić information content (AvgIpc) is 3.43. The van der Waals surface area contributed by atoms with Gasteiger partial charge in [-0.05, 0) is 90.5 Å². The smallest absolute Gasteiger partial charge is 0.0453 e. The van der Waals surface area contributed by atoms with Gasteiger partial charge in [-0.2, -0.15) is 0 Å². The predicted octanol–water partition coefficient (Wildman–Crippen LogP) is 12.2. The van der Waals surface area contributed by atoms with Crippen LogP contribution in [0.25, 0.3) is 38.4 Å². The Balaban J connectivity index is 1.07. The van der Waals surface area contributed by atoms with Crippen LogP contribution in [-0.2, 0) is 11.8 Å². The number of anilines is 1. The Bertz CT molecular complexity index is 2520. The number of nitrogens with two attached hydrogens (primary N) is 1. The topological polar surface area (TPSA) is 29.3 Å². The second-order valence-electron chi connectivity index (χ2n) is 14.8. The lowest BCUT2D eigenvalue weighted by molar-refractivity contribution is 0.370. The van der Waals surface area contributed by atoms with Gasteiger partial charge in [-0.1, -0.05) is 166 Å². The van der Waals surface area contributed by atoms with E-state index in [2.05, 4.69) is 189 Å². The van der Waals surface area contributed by atoms with Crippen LogP contribution in [0, 0.1) is 5.92 Å². The molecular formula is C50H42N2. The minimum Gasteiger partial charge on any atom is -0.398 e. The van der Waals surface area contributed by atoms with Crippen molar-refractivity contribution in [3.8, 4) is 11.1 Å². The highest BCUT2D eigenvalue weighted by Gasteiger charge is 2.51. The Kier molecular flexibility index (Phi) is 7.70. The van der Waals surface area contributed by atoms with Gasteiger partial charge in [-0.25, -0.2) is 0 Å². The van der Waals surface area contributed by atoms with Crippen LogP contribution in [-0.4, -0.2) is 0 Å². The molecule has 52 heavy (non-hydrogen) atoms. The molecule has 2 heteroatoms. The van der Waals surface area contributed by atoms with E-state index >= 15 is 0 Å². The van der Waals surface area contributed by atoms with E-state index in [9.17, 15) is 0 Å². The zero-order valence-electron chi connectivity index (χ0n) is 29.8. The van der Waals surface area contributed by atoms with Crippen LogP contribution >= 0.6 is 0 Å². The van der Waals surface area contributed by atoms with Gasteiger partial charge in [0.25, 0.3) is 0 Å². The number of benzene rings is 6. The van der Waals surface area contributed by atoms with Gasteiger partial charge in [0.05, 0.1) is 0 Å². The van der Waals surface area contributed by atoms with Crippen LogP contribution < -0.4 is 10.6 Å². The van der Waals surface area contributed by atoms with Crippen molar-refractivity contribution >= 4 is 32.9 Å². The van der Waals surface area contributed by atoms with Crippen LogP contribution in [0.1, 0.15) is 42.0 Å². The summed E-state index contributed by atoms with van der Waals surface area (Å²) >= 11 is 0. The van der Waals surface area contributed by atoms with Crippen LogP contribution in [0.15, 0.2) is 193 Å². The fourth-order valence-corrected chi connectivity index (χ4v) is 9.03. The summed E-state index contributed by atoms with van der Waals surface area (Å²) in [6.45, 7) is 9.46. The van der Waals surface area contributed by atoms with Crippen molar-refractivity contribution < 1.29 is 0 Å². The van der Waals surface area contributed by atoms with E-state index in [1.165, 1.54) is 60.6 Å². The zero-order chi connectivity index (χ0) is 35.4. The van der Waals surface area contributed by atoms with E-state index in [1.54, 1.807) is 0 Å². The molecule has 2 N–H and O–H groups in total. The molecule has 3 aliphatic rings. The summed E-state index contributed by atoms with van der Waals surface area (Å²) in [4.78, 5) is 2.40. The Morgan fingerprint density at radius 3 is 2.08 bits per heavy atom. The first-order valence-corrected chi connectivity index (χ1v) is 18.3. The highest BCUT2D eigenvalue weighted by atomic mass is 15.1. The third-order valence-corrected chi connectivity index (χ3v) is 11.5. The van der Waals surface area contributed by atoms with Gasteiger partial charge in [-0.3, -0.25) is 0 Å². The molecule has 6 aromatic carbocycles. The van der Waals surface area contributed by atoms with Gasteiger partial charge in [0, 0.05) is 40.7 Å². The fraction of sp³-hybridized carbons (Fsp3) is 0.120. The van der Waals surface area contributed by atoms with E-state index in [-0.39, 0.29) is 17.3 Å². The quantitative estimate of drug-likeness (QED) is 0.185. The predicted molar refractivity (Wildman–Crippen MR) is 221 cm³/mol. The minimum absolute atomic E-state index is 0.156. The molecule has 2 unspecified atom stereocenters.